The minimum atomic E-state index is -5.03. The first-order valence-corrected chi connectivity index (χ1v) is 5.92. The van der Waals surface area contributed by atoms with E-state index in [4.69, 9.17) is 5.11 Å². The summed E-state index contributed by atoms with van der Waals surface area (Å²) in [7, 11) is 0. The van der Waals surface area contributed by atoms with Gasteiger partial charge in [-0.15, -0.1) is 0 Å². The van der Waals surface area contributed by atoms with Gasteiger partial charge >= 0.3 is 18.1 Å². The average Bonchev–Trinajstić information content (AvgIpc) is 2.32. The number of aliphatic hydroxyl groups is 1. The summed E-state index contributed by atoms with van der Waals surface area (Å²) in [6.07, 6.45) is -5.22. The predicted molar refractivity (Wildman–Crippen MR) is 60.2 cm³/mol. The van der Waals surface area contributed by atoms with Crippen LogP contribution in [-0.2, 0) is 14.3 Å². The Bertz CT molecular complexity index is 303. The molecule has 0 rings (SSSR count). The van der Waals surface area contributed by atoms with E-state index >= 15 is 0 Å². The molecular weight excluding hydrogens is 267 g/mol. The summed E-state index contributed by atoms with van der Waals surface area (Å²) < 4.78 is 41.8. The Morgan fingerprint density at radius 3 is 2.26 bits per heavy atom. The quantitative estimate of drug-likeness (QED) is 0.711. The van der Waals surface area contributed by atoms with E-state index in [9.17, 15) is 22.8 Å². The molecule has 0 bridgehead atoms. The number of hydrogen-bond donors (Lipinski definition) is 1. The zero-order valence-corrected chi connectivity index (χ0v) is 10.9. The van der Waals surface area contributed by atoms with Crippen molar-refractivity contribution in [2.24, 2.45) is 0 Å². The van der Waals surface area contributed by atoms with Crippen molar-refractivity contribution in [2.75, 3.05) is 19.8 Å². The molecule has 0 aromatic carbocycles. The summed E-state index contributed by atoms with van der Waals surface area (Å²) in [6.45, 7) is 2.20. The van der Waals surface area contributed by atoms with Gasteiger partial charge < -0.3 is 14.7 Å². The molecule has 112 valence electrons. The van der Waals surface area contributed by atoms with Crippen molar-refractivity contribution in [1.29, 1.82) is 0 Å². The lowest BCUT2D eigenvalue weighted by Crippen LogP contribution is -2.49. The summed E-state index contributed by atoms with van der Waals surface area (Å²) in [6, 6.07) is -0.969. The van der Waals surface area contributed by atoms with E-state index < -0.39 is 37.2 Å². The Morgan fingerprint density at radius 2 is 1.89 bits per heavy atom. The number of nitrogens with zero attached hydrogens (tertiary/aromatic N) is 1. The van der Waals surface area contributed by atoms with Crippen LogP contribution in [0.1, 0.15) is 26.7 Å². The van der Waals surface area contributed by atoms with Crippen molar-refractivity contribution in [3.63, 3.8) is 0 Å². The molecule has 0 aliphatic rings. The minimum Gasteiger partial charge on any atom is -0.466 e. The van der Waals surface area contributed by atoms with E-state index in [0.717, 1.165) is 0 Å². The zero-order chi connectivity index (χ0) is 15.1. The van der Waals surface area contributed by atoms with Gasteiger partial charge in [0, 0.05) is 6.54 Å². The zero-order valence-electron chi connectivity index (χ0n) is 10.9. The topological polar surface area (TPSA) is 66.8 Å². The molecule has 0 spiro atoms. The van der Waals surface area contributed by atoms with Crippen molar-refractivity contribution < 1.29 is 32.6 Å². The van der Waals surface area contributed by atoms with E-state index in [0.29, 0.717) is 4.90 Å². The van der Waals surface area contributed by atoms with E-state index in [-0.39, 0.29) is 19.4 Å². The minimum absolute atomic E-state index is 0.114. The SMILES string of the molecule is CCOC(=O)CCN(C(=O)C(F)(F)F)C(CC)CO. The summed E-state index contributed by atoms with van der Waals surface area (Å²) in [5, 5.41) is 9.00. The Kier molecular flexibility index (Phi) is 7.43. The second kappa shape index (κ2) is 7.98. The fourth-order valence-corrected chi connectivity index (χ4v) is 1.51. The lowest BCUT2D eigenvalue weighted by Gasteiger charge is -2.30. The Balaban J connectivity index is 4.78. The molecule has 0 saturated heterocycles. The highest BCUT2D eigenvalue weighted by atomic mass is 19.4. The van der Waals surface area contributed by atoms with E-state index in [1.807, 2.05) is 0 Å². The first-order chi connectivity index (χ1) is 8.77. The van der Waals surface area contributed by atoms with Crippen molar-refractivity contribution in [2.45, 2.75) is 38.9 Å². The number of aliphatic hydroxyl groups excluding tert-OH is 1. The lowest BCUT2D eigenvalue weighted by molar-refractivity contribution is -0.189. The molecule has 1 unspecified atom stereocenters. The number of rotatable bonds is 7. The molecule has 0 aromatic rings. The maximum atomic E-state index is 12.4. The first kappa shape index (κ1) is 17.7. The molecule has 1 amide bonds. The van der Waals surface area contributed by atoms with Crippen LogP contribution in [-0.4, -0.2) is 53.9 Å². The summed E-state index contributed by atoms with van der Waals surface area (Å²) >= 11 is 0. The van der Waals surface area contributed by atoms with Crippen LogP contribution in [0.3, 0.4) is 0 Å². The molecule has 0 aromatic heterocycles. The van der Waals surface area contributed by atoms with Crippen molar-refractivity contribution >= 4 is 11.9 Å². The van der Waals surface area contributed by atoms with Gasteiger partial charge in [0.05, 0.1) is 25.7 Å². The highest BCUT2D eigenvalue weighted by Crippen LogP contribution is 2.21. The van der Waals surface area contributed by atoms with E-state index in [2.05, 4.69) is 4.74 Å². The number of carbonyl (C=O) groups is 2. The molecule has 0 aliphatic carbocycles. The normalized spacial score (nSPS) is 12.9. The number of halogens is 3. The van der Waals surface area contributed by atoms with Crippen molar-refractivity contribution in [3.8, 4) is 0 Å². The second-order valence-corrected chi connectivity index (χ2v) is 3.80. The highest BCUT2D eigenvalue weighted by molar-refractivity contribution is 5.82. The van der Waals surface area contributed by atoms with Gasteiger partial charge in [-0.2, -0.15) is 13.2 Å². The van der Waals surface area contributed by atoms with Crippen LogP contribution in [0.25, 0.3) is 0 Å². The van der Waals surface area contributed by atoms with Gasteiger partial charge in [0.1, 0.15) is 0 Å². The third-order valence-corrected chi connectivity index (χ3v) is 2.49. The van der Waals surface area contributed by atoms with Gasteiger partial charge in [0.2, 0.25) is 0 Å². The second-order valence-electron chi connectivity index (χ2n) is 3.80. The Labute approximate surface area is 109 Å². The summed E-state index contributed by atoms with van der Waals surface area (Å²) in [5.74, 6) is -2.74. The number of alkyl halides is 3. The number of amides is 1. The number of hydrogen-bond acceptors (Lipinski definition) is 4. The maximum Gasteiger partial charge on any atom is 0.471 e. The van der Waals surface area contributed by atoms with Crippen LogP contribution in [0.4, 0.5) is 13.2 Å². The molecule has 1 N–H and O–H groups in total. The van der Waals surface area contributed by atoms with Gasteiger partial charge in [-0.3, -0.25) is 9.59 Å². The van der Waals surface area contributed by atoms with Crippen LogP contribution < -0.4 is 0 Å². The number of esters is 1. The molecule has 1 atom stereocenters. The molecule has 0 saturated carbocycles. The molecule has 0 aliphatic heterocycles. The predicted octanol–water partition coefficient (Wildman–Crippen LogP) is 1.10. The Hall–Kier alpha value is -1.31. The molecule has 5 nitrogen and oxygen atoms in total. The van der Waals surface area contributed by atoms with Crippen LogP contribution in [0.2, 0.25) is 0 Å². The van der Waals surface area contributed by atoms with Crippen molar-refractivity contribution in [3.05, 3.63) is 0 Å². The van der Waals surface area contributed by atoms with Gasteiger partial charge in [-0.1, -0.05) is 6.92 Å². The fourth-order valence-electron chi connectivity index (χ4n) is 1.51. The molecule has 8 heteroatoms. The fraction of sp³-hybridized carbons (Fsp3) is 0.818. The van der Waals surface area contributed by atoms with Gasteiger partial charge in [0.15, 0.2) is 0 Å². The summed E-state index contributed by atoms with van der Waals surface area (Å²) in [5.41, 5.74) is 0. The largest absolute Gasteiger partial charge is 0.471 e. The van der Waals surface area contributed by atoms with E-state index in [1.165, 1.54) is 0 Å². The van der Waals surface area contributed by atoms with Gasteiger partial charge in [-0.05, 0) is 13.3 Å². The van der Waals surface area contributed by atoms with Crippen LogP contribution in [0.5, 0.6) is 0 Å². The molecule has 19 heavy (non-hydrogen) atoms. The average molecular weight is 285 g/mol. The van der Waals surface area contributed by atoms with E-state index in [1.54, 1.807) is 13.8 Å². The molecule has 0 fully saturated rings. The highest BCUT2D eigenvalue weighted by Gasteiger charge is 2.44. The number of carbonyl (C=O) groups excluding carboxylic acids is 2. The lowest BCUT2D eigenvalue weighted by atomic mass is 10.2. The van der Waals surface area contributed by atoms with Gasteiger partial charge in [0.25, 0.3) is 0 Å². The molecular formula is C11H18F3NO4. The third kappa shape index (κ3) is 5.91. The Morgan fingerprint density at radius 1 is 1.32 bits per heavy atom. The number of ether oxygens (including phenoxy) is 1. The molecule has 0 radical (unpaired) electrons. The maximum absolute atomic E-state index is 12.4. The third-order valence-electron chi connectivity index (χ3n) is 2.49. The van der Waals surface area contributed by atoms with Crippen LogP contribution in [0.15, 0.2) is 0 Å². The summed E-state index contributed by atoms with van der Waals surface area (Å²) in [4.78, 5) is 22.8. The monoisotopic (exact) mass is 285 g/mol. The van der Waals surface area contributed by atoms with Crippen LogP contribution >= 0.6 is 0 Å². The first-order valence-electron chi connectivity index (χ1n) is 5.92. The standard InChI is InChI=1S/C11H18F3NO4/c1-3-8(7-16)15(10(18)11(12,13)14)6-5-9(17)19-4-2/h8,16H,3-7H2,1-2H3. The van der Waals surface area contributed by atoms with Crippen LogP contribution in [0, 0.1) is 0 Å². The molecule has 0 heterocycles. The van der Waals surface area contributed by atoms with Gasteiger partial charge in [-0.25, -0.2) is 0 Å². The smallest absolute Gasteiger partial charge is 0.466 e. The van der Waals surface area contributed by atoms with Crippen molar-refractivity contribution in [1.82, 2.24) is 4.90 Å².